The molecule has 0 saturated carbocycles. The lowest BCUT2D eigenvalue weighted by atomic mass is 10.2. The Balaban J connectivity index is 1.48. The van der Waals surface area contributed by atoms with E-state index < -0.39 is 115 Å². The lowest BCUT2D eigenvalue weighted by Gasteiger charge is -2.22. The molecular weight excluding hydrogens is 935 g/mol. The lowest BCUT2D eigenvalue weighted by Crippen LogP contribution is -2.41. The Kier molecular flexibility index (Phi) is 23.3. The third-order valence-electron chi connectivity index (χ3n) is 7.02. The van der Waals surface area contributed by atoms with Crippen LogP contribution in [-0.2, 0) is 87.2 Å². The first-order chi connectivity index (χ1) is 27.7. The van der Waals surface area contributed by atoms with Crippen LogP contribution in [0.25, 0.3) is 0 Å². The molecule has 2 aliphatic heterocycles. The molecule has 4 amide bonds. The zero-order valence-corrected chi connectivity index (χ0v) is 38.1. The number of amides is 4. The van der Waals surface area contributed by atoms with Gasteiger partial charge in [-0.25, -0.2) is 22.8 Å². The molecule has 0 spiro atoms. The minimum Gasteiger partial charge on any atom is -0.302 e. The van der Waals surface area contributed by atoms with Gasteiger partial charge in [0.15, 0.2) is 0 Å². The first-order valence-electron chi connectivity index (χ1n) is 17.9. The smallest absolute Gasteiger partial charge is 0.302 e. The Morgan fingerprint density at radius 2 is 0.900 bits per heavy atom. The van der Waals surface area contributed by atoms with Gasteiger partial charge in [0.05, 0.1) is 70.3 Å². The van der Waals surface area contributed by atoms with Crippen LogP contribution < -0.4 is 0 Å². The maximum Gasteiger partial charge on any atom is 0.472 e. The predicted octanol–water partition coefficient (Wildman–Crippen LogP) is 2.80. The minimum absolute atomic E-state index is 0.0194. The average molecular weight is 987 g/mol. The highest BCUT2D eigenvalue weighted by Gasteiger charge is 2.39. The van der Waals surface area contributed by atoms with E-state index in [1.54, 1.807) is 0 Å². The predicted molar refractivity (Wildman–Crippen MR) is 205 cm³/mol. The van der Waals surface area contributed by atoms with Crippen LogP contribution in [0.5, 0.6) is 0 Å². The first-order valence-corrected chi connectivity index (χ1v) is 26.4. The molecule has 0 radical (unpaired) electrons. The van der Waals surface area contributed by atoms with E-state index in [0.717, 1.165) is 22.0 Å². The second-order valence-electron chi connectivity index (χ2n) is 13.1. The van der Waals surface area contributed by atoms with Gasteiger partial charge in [-0.3, -0.25) is 74.2 Å². The summed E-state index contributed by atoms with van der Waals surface area (Å²) in [4.78, 5) is 98.6. The van der Waals surface area contributed by atoms with Crippen LogP contribution in [-0.4, -0.2) is 147 Å². The van der Waals surface area contributed by atoms with E-state index in [9.17, 15) is 66.5 Å². The van der Waals surface area contributed by atoms with Gasteiger partial charge >= 0.3 is 39.1 Å². The number of carbonyl (C=O) groups excluding carboxylic acids is 4. The van der Waals surface area contributed by atoms with Gasteiger partial charge in [-0.2, -0.15) is 0 Å². The summed E-state index contributed by atoms with van der Waals surface area (Å²) in [5.74, 6) is -1.18. The molecule has 5 N–H and O–H groups in total. The third-order valence-corrected chi connectivity index (χ3v) is 13.7. The number of thioether (sulfide) groups is 1. The van der Waals surface area contributed by atoms with E-state index in [4.69, 9.17) is 9.05 Å². The van der Waals surface area contributed by atoms with Crippen molar-refractivity contribution in [1.82, 2.24) is 9.80 Å². The van der Waals surface area contributed by atoms with Crippen LogP contribution in [0.2, 0.25) is 0 Å². The number of hydrogen-bond acceptors (Lipinski definition) is 20. The Hall–Kier alpha value is -1.08. The average Bonchev–Trinajstić information content (AvgIpc) is 3.58. The SMILES string of the molecule is CC(C)(C)OP(=O)(O)OCCOP(=O)(O)OCCOP(=O)(O)OCCOP(=O)(O)OCCOP(=O)(O)OCCCCCCSC1CC(=O)N(CCN2C(=O)C=CC2=O)C1=O. The van der Waals surface area contributed by atoms with Gasteiger partial charge < -0.3 is 24.5 Å². The standard InChI is InChI=1S/C28H51N2O24P5S/c1-28(2,3)54-59(43,44)53-20-19-52-58(41,42)51-18-17-50-57(39,40)49-16-15-48-56(37,38)47-14-13-46-55(35,36)45-12-6-4-5-7-21-60-23-22-26(33)30(27(23)34)11-10-29-24(31)8-9-25(29)32/h8-9,23H,4-7,10-22H2,1-3H3,(H,35,36)(H,37,38)(H,39,40)(H,41,42)(H,43,44). The van der Waals surface area contributed by atoms with Crippen molar-refractivity contribution in [2.24, 2.45) is 0 Å². The van der Waals surface area contributed by atoms with Crippen molar-refractivity contribution in [2.45, 2.75) is 63.7 Å². The molecule has 6 atom stereocenters. The van der Waals surface area contributed by atoms with Crippen LogP contribution in [0.15, 0.2) is 12.2 Å². The monoisotopic (exact) mass is 986 g/mol. The van der Waals surface area contributed by atoms with Gasteiger partial charge in [0.1, 0.15) is 0 Å². The molecule has 26 nitrogen and oxygen atoms in total. The molecule has 2 heterocycles. The lowest BCUT2D eigenvalue weighted by molar-refractivity contribution is -0.142. The van der Waals surface area contributed by atoms with Gasteiger partial charge in [0.25, 0.3) is 11.8 Å². The van der Waals surface area contributed by atoms with Crippen molar-refractivity contribution in [3.8, 4) is 0 Å². The molecule has 2 aliphatic rings. The van der Waals surface area contributed by atoms with E-state index in [2.05, 4.69) is 36.2 Å². The second-order valence-corrected chi connectivity index (χ2v) is 21.6. The Labute approximate surface area is 349 Å². The van der Waals surface area contributed by atoms with Crippen molar-refractivity contribution >= 4 is 74.5 Å². The van der Waals surface area contributed by atoms with Crippen molar-refractivity contribution < 1.29 is 112 Å². The molecular formula is C28H51N2O24P5S. The minimum atomic E-state index is -4.81. The van der Waals surface area contributed by atoms with E-state index in [1.165, 1.54) is 32.5 Å². The number of likely N-dealkylation sites (tertiary alicyclic amines) is 1. The molecule has 0 aromatic heterocycles. The Morgan fingerprint density at radius 1 is 0.550 bits per heavy atom. The Morgan fingerprint density at radius 3 is 1.30 bits per heavy atom. The fourth-order valence-corrected chi connectivity index (χ4v) is 9.61. The summed E-state index contributed by atoms with van der Waals surface area (Å²) in [6.45, 7) is -1.55. The highest BCUT2D eigenvalue weighted by Crippen LogP contribution is 2.49. The van der Waals surface area contributed by atoms with Gasteiger partial charge in [0.2, 0.25) is 11.8 Å². The van der Waals surface area contributed by atoms with Crippen LogP contribution in [0, 0.1) is 0 Å². The number of carbonyl (C=O) groups is 4. The number of phosphoric ester groups is 5. The van der Waals surface area contributed by atoms with Crippen molar-refractivity contribution in [2.75, 3.05) is 78.3 Å². The summed E-state index contributed by atoms with van der Waals surface area (Å²) in [5.41, 5.74) is -1.01. The summed E-state index contributed by atoms with van der Waals surface area (Å²) in [5, 5.41) is -0.563. The van der Waals surface area contributed by atoms with Crippen LogP contribution >= 0.6 is 50.9 Å². The molecule has 348 valence electrons. The normalized spacial score (nSPS) is 21.2. The van der Waals surface area contributed by atoms with E-state index >= 15 is 0 Å². The fourth-order valence-electron chi connectivity index (χ4n) is 4.58. The molecule has 1 saturated heterocycles. The fraction of sp³-hybridized carbons (Fsp3) is 0.786. The zero-order chi connectivity index (χ0) is 45.3. The van der Waals surface area contributed by atoms with E-state index in [-0.39, 0.29) is 37.9 Å². The van der Waals surface area contributed by atoms with Gasteiger partial charge in [0, 0.05) is 31.7 Å². The second kappa shape index (κ2) is 25.4. The van der Waals surface area contributed by atoms with Gasteiger partial charge in [-0.15, -0.1) is 11.8 Å². The molecule has 2 rings (SSSR count). The van der Waals surface area contributed by atoms with Crippen LogP contribution in [0.1, 0.15) is 52.9 Å². The molecule has 0 bridgehead atoms. The van der Waals surface area contributed by atoms with Crippen molar-refractivity contribution in [1.29, 1.82) is 0 Å². The number of phosphoric acid groups is 5. The topological polar surface area (TPSA) is 354 Å². The molecule has 32 heteroatoms. The maximum absolute atomic E-state index is 12.6. The van der Waals surface area contributed by atoms with E-state index in [0.29, 0.717) is 31.4 Å². The molecule has 0 aliphatic carbocycles. The number of rotatable bonds is 33. The van der Waals surface area contributed by atoms with Crippen molar-refractivity contribution in [3.63, 3.8) is 0 Å². The van der Waals surface area contributed by atoms with Crippen LogP contribution in [0.3, 0.4) is 0 Å². The quantitative estimate of drug-likeness (QED) is 0.0358. The summed E-state index contributed by atoms with van der Waals surface area (Å²) < 4.78 is 106. The molecule has 1 fully saturated rings. The number of hydrogen-bond donors (Lipinski definition) is 5. The van der Waals surface area contributed by atoms with Crippen LogP contribution in [0.4, 0.5) is 0 Å². The molecule has 60 heavy (non-hydrogen) atoms. The first kappa shape index (κ1) is 55.1. The third kappa shape index (κ3) is 23.6. The van der Waals surface area contributed by atoms with Gasteiger partial charge in [-0.05, 0) is 39.4 Å². The highest BCUT2D eigenvalue weighted by atomic mass is 32.2. The zero-order valence-electron chi connectivity index (χ0n) is 32.8. The number of imide groups is 2. The summed E-state index contributed by atoms with van der Waals surface area (Å²) in [6.07, 6.45) is 4.58. The Bertz CT molecular complexity index is 1710. The largest absolute Gasteiger partial charge is 0.472 e. The number of nitrogens with zero attached hydrogens (tertiary/aromatic N) is 2. The number of unbranched alkanes of at least 4 members (excludes halogenated alkanes) is 3. The summed E-state index contributed by atoms with van der Waals surface area (Å²) in [7, 11) is -23.4. The van der Waals surface area contributed by atoms with Crippen molar-refractivity contribution in [3.05, 3.63) is 12.2 Å². The summed E-state index contributed by atoms with van der Waals surface area (Å²) in [6, 6.07) is 0. The maximum atomic E-state index is 12.6. The van der Waals surface area contributed by atoms with Gasteiger partial charge in [-0.1, -0.05) is 12.8 Å². The highest BCUT2D eigenvalue weighted by molar-refractivity contribution is 8.00. The van der Waals surface area contributed by atoms with E-state index in [1.807, 2.05) is 0 Å². The molecule has 0 aromatic rings. The molecule has 6 unspecified atom stereocenters. The molecule has 0 aromatic carbocycles. The summed E-state index contributed by atoms with van der Waals surface area (Å²) >= 11 is 1.32.